The summed E-state index contributed by atoms with van der Waals surface area (Å²) in [6, 6.07) is 23.6. The van der Waals surface area contributed by atoms with Gasteiger partial charge in [0.2, 0.25) is 0 Å². The molecule has 3 aromatic carbocycles. The van der Waals surface area contributed by atoms with Crippen molar-refractivity contribution >= 4 is 17.5 Å². The predicted molar refractivity (Wildman–Crippen MR) is 120 cm³/mol. The largest absolute Gasteiger partial charge is 0.345 e. The van der Waals surface area contributed by atoms with Gasteiger partial charge in [-0.25, -0.2) is 4.98 Å². The first-order valence-electron chi connectivity index (χ1n) is 9.96. The maximum Gasteiger partial charge on any atom is 0.255 e. The number of nitrogens with one attached hydrogen (secondary N) is 2. The molecule has 0 saturated carbocycles. The molecule has 0 saturated heterocycles. The van der Waals surface area contributed by atoms with E-state index >= 15 is 0 Å². The lowest BCUT2D eigenvalue weighted by molar-refractivity contribution is 0.0941. The Bertz CT molecular complexity index is 1170. The van der Waals surface area contributed by atoms with Gasteiger partial charge in [0.1, 0.15) is 0 Å². The smallest absolute Gasteiger partial charge is 0.255 e. The predicted octanol–water partition coefficient (Wildman–Crippen LogP) is 4.62. The zero-order chi connectivity index (χ0) is 21.6. The maximum atomic E-state index is 12.9. The van der Waals surface area contributed by atoms with Gasteiger partial charge >= 0.3 is 0 Å². The fourth-order valence-corrected chi connectivity index (χ4v) is 3.28. The molecule has 0 fully saturated rings. The van der Waals surface area contributed by atoms with Gasteiger partial charge in [-0.2, -0.15) is 0 Å². The number of imidazole rings is 1. The first-order chi connectivity index (χ1) is 15.1. The van der Waals surface area contributed by atoms with Crippen molar-refractivity contribution in [3.8, 4) is 5.69 Å². The van der Waals surface area contributed by atoms with Crippen molar-refractivity contribution in [1.82, 2.24) is 14.9 Å². The van der Waals surface area contributed by atoms with Crippen molar-refractivity contribution in [2.45, 2.75) is 13.0 Å². The minimum atomic E-state index is -0.260. The highest BCUT2D eigenvalue weighted by atomic mass is 16.2. The van der Waals surface area contributed by atoms with E-state index in [0.29, 0.717) is 16.8 Å². The molecule has 0 bridgehead atoms. The van der Waals surface area contributed by atoms with Crippen LogP contribution in [0, 0.1) is 0 Å². The number of rotatable bonds is 6. The van der Waals surface area contributed by atoms with Crippen molar-refractivity contribution in [1.29, 1.82) is 0 Å². The standard InChI is InChI=1S/C25H22N4O2/c1-18(19-11-13-21(14-12-19)29-16-15-26-17-29)27-25(31)22-9-5-6-10-23(22)28-24(30)20-7-3-2-4-8-20/h2-18H,1H3,(H,27,31)(H,28,30)/t18-/m1/s1. The second-order valence-electron chi connectivity index (χ2n) is 7.12. The van der Waals surface area contributed by atoms with Gasteiger partial charge in [-0.1, -0.05) is 42.5 Å². The lowest BCUT2D eigenvalue weighted by Gasteiger charge is -2.17. The molecule has 1 atom stereocenters. The number of benzene rings is 3. The fraction of sp³-hybridized carbons (Fsp3) is 0.0800. The molecule has 6 nitrogen and oxygen atoms in total. The average molecular weight is 410 g/mol. The molecular formula is C25H22N4O2. The molecule has 1 aromatic heterocycles. The van der Waals surface area contributed by atoms with Gasteiger partial charge in [0.25, 0.3) is 11.8 Å². The number of anilines is 1. The van der Waals surface area contributed by atoms with Gasteiger partial charge in [-0.3, -0.25) is 9.59 Å². The van der Waals surface area contributed by atoms with E-state index in [4.69, 9.17) is 0 Å². The van der Waals surface area contributed by atoms with Crippen molar-refractivity contribution in [2.75, 3.05) is 5.32 Å². The molecule has 6 heteroatoms. The van der Waals surface area contributed by atoms with E-state index in [-0.39, 0.29) is 17.9 Å². The summed E-state index contributed by atoms with van der Waals surface area (Å²) < 4.78 is 1.92. The van der Waals surface area contributed by atoms with E-state index in [2.05, 4.69) is 15.6 Å². The monoisotopic (exact) mass is 410 g/mol. The molecule has 4 aromatic rings. The highest BCUT2D eigenvalue weighted by molar-refractivity contribution is 6.09. The molecule has 2 N–H and O–H groups in total. The van der Waals surface area contributed by atoms with Crippen LogP contribution in [0.15, 0.2) is 97.6 Å². The molecule has 0 spiro atoms. The van der Waals surface area contributed by atoms with Crippen LogP contribution in [0.4, 0.5) is 5.69 Å². The SMILES string of the molecule is C[C@@H](NC(=O)c1ccccc1NC(=O)c1ccccc1)c1ccc(-n2ccnc2)cc1. The molecule has 0 aliphatic rings. The zero-order valence-corrected chi connectivity index (χ0v) is 17.0. The van der Waals surface area contributed by atoms with Crippen LogP contribution in [0.5, 0.6) is 0 Å². The number of para-hydroxylation sites is 1. The molecule has 1 heterocycles. The topological polar surface area (TPSA) is 76.0 Å². The Morgan fingerprint density at radius 1 is 0.871 bits per heavy atom. The van der Waals surface area contributed by atoms with Crippen LogP contribution in [0.3, 0.4) is 0 Å². The quantitative estimate of drug-likeness (QED) is 0.487. The van der Waals surface area contributed by atoms with Crippen LogP contribution in [0.2, 0.25) is 0 Å². The highest BCUT2D eigenvalue weighted by Crippen LogP contribution is 2.20. The van der Waals surface area contributed by atoms with Crippen LogP contribution in [-0.2, 0) is 0 Å². The van der Waals surface area contributed by atoms with E-state index in [0.717, 1.165) is 11.3 Å². The van der Waals surface area contributed by atoms with Crippen LogP contribution in [-0.4, -0.2) is 21.4 Å². The summed E-state index contributed by atoms with van der Waals surface area (Å²) in [4.78, 5) is 29.5. The van der Waals surface area contributed by atoms with E-state index < -0.39 is 0 Å². The van der Waals surface area contributed by atoms with Crippen LogP contribution in [0.25, 0.3) is 5.69 Å². The minimum Gasteiger partial charge on any atom is -0.345 e. The fourth-order valence-electron chi connectivity index (χ4n) is 3.28. The van der Waals surface area contributed by atoms with E-state index in [1.165, 1.54) is 0 Å². The Hall–Kier alpha value is -4.19. The maximum absolute atomic E-state index is 12.9. The first kappa shape index (κ1) is 20.1. The Morgan fingerprint density at radius 2 is 1.58 bits per heavy atom. The summed E-state index contributed by atoms with van der Waals surface area (Å²) in [6.07, 6.45) is 5.34. The highest BCUT2D eigenvalue weighted by Gasteiger charge is 2.16. The van der Waals surface area contributed by atoms with Crippen molar-refractivity contribution in [2.24, 2.45) is 0 Å². The lowest BCUT2D eigenvalue weighted by atomic mass is 10.1. The van der Waals surface area contributed by atoms with E-state index in [1.807, 2.05) is 48.0 Å². The lowest BCUT2D eigenvalue weighted by Crippen LogP contribution is -2.28. The molecule has 2 amide bonds. The Kier molecular flexibility index (Phi) is 5.89. The summed E-state index contributed by atoms with van der Waals surface area (Å²) in [7, 11) is 0. The zero-order valence-electron chi connectivity index (χ0n) is 17.0. The summed E-state index contributed by atoms with van der Waals surface area (Å²) in [5.41, 5.74) is 3.38. The van der Waals surface area contributed by atoms with Gasteiger partial charge in [0.05, 0.1) is 23.6 Å². The van der Waals surface area contributed by atoms with Gasteiger partial charge < -0.3 is 15.2 Å². The number of hydrogen-bond acceptors (Lipinski definition) is 3. The number of amides is 2. The molecule has 4 rings (SSSR count). The number of aromatic nitrogens is 2. The van der Waals surface area contributed by atoms with Crippen LogP contribution in [0.1, 0.15) is 39.2 Å². The normalized spacial score (nSPS) is 11.5. The third kappa shape index (κ3) is 4.70. The number of carbonyl (C=O) groups excluding carboxylic acids is 2. The van der Waals surface area contributed by atoms with Crippen molar-refractivity contribution < 1.29 is 9.59 Å². The van der Waals surface area contributed by atoms with E-state index in [9.17, 15) is 9.59 Å². The van der Waals surface area contributed by atoms with Crippen molar-refractivity contribution in [3.05, 3.63) is 114 Å². The Labute approximate surface area is 180 Å². The second-order valence-corrected chi connectivity index (χ2v) is 7.12. The second kappa shape index (κ2) is 9.09. The summed E-state index contributed by atoms with van der Waals surface area (Å²) >= 11 is 0. The third-order valence-corrected chi connectivity index (χ3v) is 5.00. The van der Waals surface area contributed by atoms with Gasteiger partial charge in [0, 0.05) is 23.6 Å². The molecule has 0 radical (unpaired) electrons. The number of nitrogens with zero attached hydrogens (tertiary/aromatic N) is 2. The van der Waals surface area contributed by atoms with Crippen LogP contribution >= 0.6 is 0 Å². The van der Waals surface area contributed by atoms with Crippen LogP contribution < -0.4 is 10.6 Å². The summed E-state index contributed by atoms with van der Waals surface area (Å²) in [5, 5.41) is 5.85. The third-order valence-electron chi connectivity index (χ3n) is 5.00. The van der Waals surface area contributed by atoms with Crippen molar-refractivity contribution in [3.63, 3.8) is 0 Å². The number of carbonyl (C=O) groups is 2. The molecule has 31 heavy (non-hydrogen) atoms. The minimum absolute atomic E-state index is 0.206. The van der Waals surface area contributed by atoms with E-state index in [1.54, 1.807) is 61.1 Å². The Balaban J connectivity index is 1.46. The van der Waals surface area contributed by atoms with Gasteiger partial charge in [-0.05, 0) is 48.9 Å². The molecule has 0 aliphatic heterocycles. The average Bonchev–Trinajstić information content (AvgIpc) is 3.35. The number of hydrogen-bond donors (Lipinski definition) is 2. The Morgan fingerprint density at radius 3 is 2.29 bits per heavy atom. The van der Waals surface area contributed by atoms with Gasteiger partial charge in [-0.15, -0.1) is 0 Å². The molecule has 0 aliphatic carbocycles. The van der Waals surface area contributed by atoms with Gasteiger partial charge in [0.15, 0.2) is 0 Å². The summed E-state index contributed by atoms with van der Waals surface area (Å²) in [6.45, 7) is 1.93. The molecule has 154 valence electrons. The molecular weight excluding hydrogens is 388 g/mol. The molecule has 0 unspecified atom stereocenters. The first-order valence-corrected chi connectivity index (χ1v) is 9.96. The summed E-state index contributed by atoms with van der Waals surface area (Å²) in [5.74, 6) is -0.515.